The van der Waals surface area contributed by atoms with Crippen molar-refractivity contribution in [1.82, 2.24) is 0 Å². The second kappa shape index (κ2) is 7.00. The normalized spacial score (nSPS) is 42.1. The average molecular weight is 389 g/mol. The molecule has 0 spiro atoms. The predicted molar refractivity (Wildman–Crippen MR) is 103 cm³/mol. The van der Waals surface area contributed by atoms with Crippen LogP contribution in [0.2, 0.25) is 0 Å². The molecule has 0 saturated heterocycles. The molecule has 3 fully saturated rings. The van der Waals surface area contributed by atoms with E-state index < -0.39 is 11.9 Å². The lowest BCUT2D eigenvalue weighted by molar-refractivity contribution is -0.154. The summed E-state index contributed by atoms with van der Waals surface area (Å²) >= 11 is 0. The number of hydrogen-bond donors (Lipinski definition) is 1. The Morgan fingerprint density at radius 1 is 1.11 bits per heavy atom. The molecule has 5 nitrogen and oxygen atoms in total. The van der Waals surface area contributed by atoms with E-state index in [1.54, 1.807) is 0 Å². The van der Waals surface area contributed by atoms with Crippen LogP contribution in [0.3, 0.4) is 0 Å². The van der Waals surface area contributed by atoms with Gasteiger partial charge in [0, 0.05) is 18.3 Å². The summed E-state index contributed by atoms with van der Waals surface area (Å²) in [6.07, 6.45) is 9.66. The van der Waals surface area contributed by atoms with Gasteiger partial charge in [0.05, 0.1) is 12.8 Å². The Morgan fingerprint density at radius 2 is 1.82 bits per heavy atom. The lowest BCUT2D eigenvalue weighted by Gasteiger charge is -2.56. The molecular weight excluding hydrogens is 356 g/mol. The molecule has 28 heavy (non-hydrogen) atoms. The van der Waals surface area contributed by atoms with Gasteiger partial charge in [-0.15, -0.1) is 0 Å². The number of esters is 1. The number of Topliss-reactive ketones (excluding diaryl/α,β-unsaturated/α-hetero) is 1. The van der Waals surface area contributed by atoms with Crippen molar-refractivity contribution in [2.24, 2.45) is 28.6 Å². The average Bonchev–Trinajstić information content (AvgIpc) is 2.95. The summed E-state index contributed by atoms with van der Waals surface area (Å²) in [5.74, 6) is 0.869. The molecule has 154 valence electrons. The zero-order valence-corrected chi connectivity index (χ0v) is 17.0. The summed E-state index contributed by atoms with van der Waals surface area (Å²) in [4.78, 5) is 35.1. The van der Waals surface area contributed by atoms with Gasteiger partial charge in [-0.3, -0.25) is 14.4 Å². The SMILES string of the molecule is C[C@]12CC[C@H](OC(=O)CCC(=O)O)CC1=CC[C@@H]1[C@@H]2CC[C@]2(C)C(=O)CC[C@@H]12. The first-order valence-electron chi connectivity index (χ1n) is 10.9. The minimum absolute atomic E-state index is 0.0544. The standard InChI is InChI=1S/C23H32O5/c1-22-11-9-15(28-21(27)8-7-20(25)26)13-14(22)3-4-16-17-5-6-19(24)23(17,2)12-10-18(16)22/h3,15-18H,4-13H2,1-2H3,(H,25,26)/t15-,16-,17-,18-,22-,23-/m0/s1. The van der Waals surface area contributed by atoms with Crippen LogP contribution < -0.4 is 0 Å². The third kappa shape index (κ3) is 3.11. The fraction of sp³-hybridized carbons (Fsp3) is 0.783. The Hall–Kier alpha value is -1.65. The Labute approximate surface area is 166 Å². The van der Waals surface area contributed by atoms with E-state index in [4.69, 9.17) is 9.84 Å². The number of allylic oxidation sites excluding steroid dienone is 1. The van der Waals surface area contributed by atoms with Gasteiger partial charge in [0.15, 0.2) is 0 Å². The largest absolute Gasteiger partial charge is 0.481 e. The number of hydrogen-bond acceptors (Lipinski definition) is 4. The van der Waals surface area contributed by atoms with Crippen LogP contribution >= 0.6 is 0 Å². The number of fused-ring (bicyclic) bond motifs is 5. The van der Waals surface area contributed by atoms with E-state index >= 15 is 0 Å². The fourth-order valence-electron chi connectivity index (χ4n) is 6.95. The Bertz CT molecular complexity index is 725. The maximum absolute atomic E-state index is 12.5. The molecule has 0 amide bonds. The number of carboxylic acid groups (broad SMARTS) is 1. The van der Waals surface area contributed by atoms with Crippen molar-refractivity contribution in [3.8, 4) is 0 Å². The zero-order valence-electron chi connectivity index (χ0n) is 17.0. The molecule has 0 aromatic rings. The quantitative estimate of drug-likeness (QED) is 0.574. The molecule has 0 bridgehead atoms. The number of carbonyl (C=O) groups is 3. The summed E-state index contributed by atoms with van der Waals surface area (Å²) < 4.78 is 5.58. The van der Waals surface area contributed by atoms with Crippen LogP contribution in [0.4, 0.5) is 0 Å². The fourth-order valence-corrected chi connectivity index (χ4v) is 6.95. The van der Waals surface area contributed by atoms with E-state index in [-0.39, 0.29) is 29.8 Å². The van der Waals surface area contributed by atoms with E-state index in [9.17, 15) is 14.4 Å². The summed E-state index contributed by atoms with van der Waals surface area (Å²) in [6.45, 7) is 4.59. The molecule has 0 aromatic heterocycles. The third-order valence-electron chi connectivity index (χ3n) is 8.61. The highest BCUT2D eigenvalue weighted by Gasteiger charge is 2.58. The number of ketones is 1. The molecule has 4 rings (SSSR count). The first kappa shape index (κ1) is 19.7. The Morgan fingerprint density at radius 3 is 2.57 bits per heavy atom. The Kier molecular flexibility index (Phi) is 4.91. The molecule has 4 aliphatic rings. The molecule has 0 heterocycles. The highest BCUT2D eigenvalue weighted by molar-refractivity contribution is 5.87. The second-order valence-corrected chi connectivity index (χ2v) is 9.93. The second-order valence-electron chi connectivity index (χ2n) is 9.93. The summed E-state index contributed by atoms with van der Waals surface area (Å²) in [5.41, 5.74) is 1.48. The topological polar surface area (TPSA) is 80.7 Å². The smallest absolute Gasteiger partial charge is 0.306 e. The van der Waals surface area contributed by atoms with Crippen molar-refractivity contribution >= 4 is 17.7 Å². The van der Waals surface area contributed by atoms with E-state index in [1.165, 1.54) is 5.57 Å². The van der Waals surface area contributed by atoms with Crippen LogP contribution in [0.5, 0.6) is 0 Å². The predicted octanol–water partition coefficient (Wildman–Crippen LogP) is 4.29. The van der Waals surface area contributed by atoms with E-state index in [0.29, 0.717) is 23.5 Å². The molecule has 1 N–H and O–H groups in total. The minimum atomic E-state index is -0.969. The van der Waals surface area contributed by atoms with Gasteiger partial charge in [-0.2, -0.15) is 0 Å². The molecule has 0 radical (unpaired) electrons. The molecule has 6 atom stereocenters. The summed E-state index contributed by atoms with van der Waals surface area (Å²) in [6, 6.07) is 0. The van der Waals surface area contributed by atoms with E-state index in [0.717, 1.165) is 51.4 Å². The van der Waals surface area contributed by atoms with E-state index in [2.05, 4.69) is 19.9 Å². The van der Waals surface area contributed by atoms with Crippen LogP contribution in [-0.2, 0) is 19.1 Å². The summed E-state index contributed by atoms with van der Waals surface area (Å²) in [7, 11) is 0. The number of ether oxygens (including phenoxy) is 1. The first-order chi connectivity index (χ1) is 13.2. The van der Waals surface area contributed by atoms with Gasteiger partial charge in [-0.25, -0.2) is 0 Å². The zero-order chi connectivity index (χ0) is 20.1. The number of aliphatic carboxylic acids is 1. The van der Waals surface area contributed by atoms with Gasteiger partial charge in [0.2, 0.25) is 0 Å². The molecule has 4 aliphatic carbocycles. The summed E-state index contributed by atoms with van der Waals surface area (Å²) in [5, 5.41) is 8.73. The molecule has 0 aromatic carbocycles. The minimum Gasteiger partial charge on any atom is -0.481 e. The molecule has 0 aliphatic heterocycles. The van der Waals surface area contributed by atoms with Crippen molar-refractivity contribution in [2.45, 2.75) is 84.2 Å². The van der Waals surface area contributed by atoms with Crippen molar-refractivity contribution in [2.75, 3.05) is 0 Å². The maximum atomic E-state index is 12.5. The van der Waals surface area contributed by atoms with Gasteiger partial charge in [0.25, 0.3) is 0 Å². The highest BCUT2D eigenvalue weighted by Crippen LogP contribution is 2.64. The van der Waals surface area contributed by atoms with Crippen LogP contribution in [0.15, 0.2) is 11.6 Å². The number of carbonyl (C=O) groups excluding carboxylic acids is 2. The molecule has 5 heteroatoms. The number of rotatable bonds is 4. The van der Waals surface area contributed by atoms with Gasteiger partial charge in [-0.05, 0) is 61.7 Å². The van der Waals surface area contributed by atoms with Gasteiger partial charge >= 0.3 is 11.9 Å². The highest BCUT2D eigenvalue weighted by atomic mass is 16.5. The van der Waals surface area contributed by atoms with Crippen molar-refractivity contribution in [3.63, 3.8) is 0 Å². The van der Waals surface area contributed by atoms with Crippen molar-refractivity contribution < 1.29 is 24.2 Å². The van der Waals surface area contributed by atoms with E-state index in [1.807, 2.05) is 0 Å². The van der Waals surface area contributed by atoms with Crippen LogP contribution in [0.25, 0.3) is 0 Å². The van der Waals surface area contributed by atoms with Crippen LogP contribution in [-0.4, -0.2) is 28.9 Å². The third-order valence-corrected chi connectivity index (χ3v) is 8.61. The Balaban J connectivity index is 1.46. The molecule has 3 saturated carbocycles. The van der Waals surface area contributed by atoms with Crippen LogP contribution in [0.1, 0.15) is 78.1 Å². The van der Waals surface area contributed by atoms with Gasteiger partial charge in [-0.1, -0.05) is 25.5 Å². The molecule has 0 unspecified atom stereocenters. The monoisotopic (exact) mass is 388 g/mol. The van der Waals surface area contributed by atoms with Crippen molar-refractivity contribution in [3.05, 3.63) is 11.6 Å². The first-order valence-corrected chi connectivity index (χ1v) is 10.9. The van der Waals surface area contributed by atoms with Crippen molar-refractivity contribution in [1.29, 1.82) is 0 Å². The number of carboxylic acids is 1. The molecular formula is C23H32O5. The lowest BCUT2D eigenvalue weighted by Crippen LogP contribution is -2.50. The van der Waals surface area contributed by atoms with Gasteiger partial charge in [0.1, 0.15) is 11.9 Å². The van der Waals surface area contributed by atoms with Gasteiger partial charge < -0.3 is 9.84 Å². The maximum Gasteiger partial charge on any atom is 0.306 e. The van der Waals surface area contributed by atoms with Crippen LogP contribution in [0, 0.1) is 28.6 Å². The lowest BCUT2D eigenvalue weighted by atomic mass is 9.48.